The number of rotatable bonds is 4. The minimum Gasteiger partial charge on any atom is -0.294 e. The van der Waals surface area contributed by atoms with Crippen LogP contribution >= 0.6 is 0 Å². The molecule has 0 aliphatic rings. The molecule has 0 aliphatic heterocycles. The van der Waals surface area contributed by atoms with E-state index in [1.807, 2.05) is 31.2 Å². The lowest BCUT2D eigenvalue weighted by Gasteiger charge is -2.07. The molecule has 0 aromatic heterocycles. The minimum atomic E-state index is -0.456. The Labute approximate surface area is 117 Å². The van der Waals surface area contributed by atoms with Crippen molar-refractivity contribution in [2.24, 2.45) is 0 Å². The third kappa shape index (κ3) is 2.91. The van der Waals surface area contributed by atoms with Gasteiger partial charge in [0.15, 0.2) is 5.78 Å². The molecule has 2 aromatic carbocycles. The normalized spacial score (nSPS) is 10.3. The molecule has 4 nitrogen and oxygen atoms in total. The Morgan fingerprint density at radius 3 is 2.40 bits per heavy atom. The van der Waals surface area contributed by atoms with E-state index >= 15 is 0 Å². The summed E-state index contributed by atoms with van der Waals surface area (Å²) in [6.45, 7) is 3.68. The SMILES string of the molecule is Cc1ccccc1CC(=O)c1ccc([N+](=O)[O-])cc1C. The lowest BCUT2D eigenvalue weighted by Crippen LogP contribution is -2.07. The van der Waals surface area contributed by atoms with Crippen molar-refractivity contribution in [3.63, 3.8) is 0 Å². The molecule has 0 bridgehead atoms. The fraction of sp³-hybridized carbons (Fsp3) is 0.188. The molecule has 0 N–H and O–H groups in total. The molecule has 0 saturated heterocycles. The van der Waals surface area contributed by atoms with Gasteiger partial charge < -0.3 is 0 Å². The topological polar surface area (TPSA) is 60.2 Å². The second-order valence-corrected chi connectivity index (χ2v) is 4.78. The van der Waals surface area contributed by atoms with Gasteiger partial charge in [0.2, 0.25) is 0 Å². The highest BCUT2D eigenvalue weighted by Gasteiger charge is 2.14. The van der Waals surface area contributed by atoms with Crippen LogP contribution in [0.3, 0.4) is 0 Å². The van der Waals surface area contributed by atoms with E-state index in [1.54, 1.807) is 6.92 Å². The summed E-state index contributed by atoms with van der Waals surface area (Å²) in [6, 6.07) is 12.1. The summed E-state index contributed by atoms with van der Waals surface area (Å²) in [5.74, 6) is -0.0216. The van der Waals surface area contributed by atoms with Crippen LogP contribution in [0.25, 0.3) is 0 Å². The molecule has 0 amide bonds. The van der Waals surface area contributed by atoms with Crippen LogP contribution in [0.2, 0.25) is 0 Å². The van der Waals surface area contributed by atoms with Gasteiger partial charge in [-0.15, -0.1) is 0 Å². The molecule has 2 rings (SSSR count). The van der Waals surface area contributed by atoms with Crippen molar-refractivity contribution >= 4 is 11.5 Å². The predicted octanol–water partition coefficient (Wildman–Crippen LogP) is 3.64. The average molecular weight is 269 g/mol. The van der Waals surface area contributed by atoms with Crippen LogP contribution in [-0.4, -0.2) is 10.7 Å². The highest BCUT2D eigenvalue weighted by atomic mass is 16.6. The van der Waals surface area contributed by atoms with Crippen molar-refractivity contribution in [1.82, 2.24) is 0 Å². The van der Waals surface area contributed by atoms with Crippen LogP contribution in [0, 0.1) is 24.0 Å². The van der Waals surface area contributed by atoms with Crippen molar-refractivity contribution < 1.29 is 9.72 Å². The Bertz CT molecular complexity index is 677. The summed E-state index contributed by atoms with van der Waals surface area (Å²) in [5, 5.41) is 10.7. The first-order valence-corrected chi connectivity index (χ1v) is 6.32. The third-order valence-electron chi connectivity index (χ3n) is 3.33. The largest absolute Gasteiger partial charge is 0.294 e. The summed E-state index contributed by atoms with van der Waals surface area (Å²) < 4.78 is 0. The van der Waals surface area contributed by atoms with Gasteiger partial charge in [-0.2, -0.15) is 0 Å². The smallest absolute Gasteiger partial charge is 0.269 e. The van der Waals surface area contributed by atoms with Crippen LogP contribution in [0.5, 0.6) is 0 Å². The second kappa shape index (κ2) is 5.65. The Morgan fingerprint density at radius 1 is 1.10 bits per heavy atom. The molecule has 0 atom stereocenters. The molecule has 2 aromatic rings. The van der Waals surface area contributed by atoms with Crippen molar-refractivity contribution in [2.45, 2.75) is 20.3 Å². The Hall–Kier alpha value is -2.49. The van der Waals surface area contributed by atoms with E-state index < -0.39 is 4.92 Å². The number of nitro groups is 1. The molecular weight excluding hydrogens is 254 g/mol. The van der Waals surface area contributed by atoms with Crippen LogP contribution in [0.4, 0.5) is 5.69 Å². The molecule has 0 radical (unpaired) electrons. The highest BCUT2D eigenvalue weighted by Crippen LogP contribution is 2.19. The van der Waals surface area contributed by atoms with E-state index in [0.29, 0.717) is 17.5 Å². The summed E-state index contributed by atoms with van der Waals surface area (Å²) in [7, 11) is 0. The standard InChI is InChI=1S/C16H15NO3/c1-11-5-3-4-6-13(11)10-16(18)15-8-7-14(17(19)20)9-12(15)2/h3-9H,10H2,1-2H3. The maximum absolute atomic E-state index is 12.3. The second-order valence-electron chi connectivity index (χ2n) is 4.78. The fourth-order valence-corrected chi connectivity index (χ4v) is 2.15. The van der Waals surface area contributed by atoms with E-state index in [1.165, 1.54) is 18.2 Å². The highest BCUT2D eigenvalue weighted by molar-refractivity contribution is 5.99. The van der Waals surface area contributed by atoms with Gasteiger partial charge in [-0.3, -0.25) is 14.9 Å². The molecule has 0 aliphatic carbocycles. The number of ketones is 1. The number of Topliss-reactive ketones (excluding diaryl/α,β-unsaturated/α-hetero) is 1. The molecule has 0 heterocycles. The van der Waals surface area contributed by atoms with Gasteiger partial charge in [0.25, 0.3) is 5.69 Å². The van der Waals surface area contributed by atoms with Crippen molar-refractivity contribution in [3.05, 3.63) is 74.8 Å². The van der Waals surface area contributed by atoms with Crippen LogP contribution in [0.15, 0.2) is 42.5 Å². The van der Waals surface area contributed by atoms with E-state index in [-0.39, 0.29) is 11.5 Å². The lowest BCUT2D eigenvalue weighted by molar-refractivity contribution is -0.384. The average Bonchev–Trinajstić information content (AvgIpc) is 2.41. The van der Waals surface area contributed by atoms with Gasteiger partial charge in [-0.1, -0.05) is 24.3 Å². The van der Waals surface area contributed by atoms with Crippen molar-refractivity contribution in [2.75, 3.05) is 0 Å². The van der Waals surface area contributed by atoms with Gasteiger partial charge in [-0.25, -0.2) is 0 Å². The van der Waals surface area contributed by atoms with Gasteiger partial charge in [-0.05, 0) is 36.6 Å². The van der Waals surface area contributed by atoms with Gasteiger partial charge in [0, 0.05) is 24.1 Å². The zero-order valence-electron chi connectivity index (χ0n) is 11.4. The molecule has 0 spiro atoms. The summed E-state index contributed by atoms with van der Waals surface area (Å²) in [6.07, 6.45) is 0.311. The molecular formula is C16H15NO3. The van der Waals surface area contributed by atoms with E-state index in [9.17, 15) is 14.9 Å². The zero-order valence-corrected chi connectivity index (χ0v) is 11.4. The molecule has 102 valence electrons. The van der Waals surface area contributed by atoms with E-state index in [0.717, 1.165) is 11.1 Å². The fourth-order valence-electron chi connectivity index (χ4n) is 2.15. The minimum absolute atomic E-state index is 0.00921. The van der Waals surface area contributed by atoms with Gasteiger partial charge >= 0.3 is 0 Å². The maximum atomic E-state index is 12.3. The Morgan fingerprint density at radius 2 is 1.80 bits per heavy atom. The number of nitro benzene ring substituents is 1. The number of hydrogen-bond acceptors (Lipinski definition) is 3. The first kappa shape index (κ1) is 13.9. The maximum Gasteiger partial charge on any atom is 0.269 e. The lowest BCUT2D eigenvalue weighted by atomic mass is 9.96. The number of non-ortho nitro benzene ring substituents is 1. The number of nitrogens with zero attached hydrogens (tertiary/aromatic N) is 1. The first-order chi connectivity index (χ1) is 9.49. The summed E-state index contributed by atoms with van der Waals surface area (Å²) in [4.78, 5) is 22.5. The van der Waals surface area contributed by atoms with Gasteiger partial charge in [0.1, 0.15) is 0 Å². The summed E-state index contributed by atoms with van der Waals surface area (Å²) in [5.41, 5.74) is 3.24. The summed E-state index contributed by atoms with van der Waals surface area (Å²) >= 11 is 0. The molecule has 0 fully saturated rings. The number of aryl methyl sites for hydroxylation is 2. The van der Waals surface area contributed by atoms with Crippen LogP contribution < -0.4 is 0 Å². The van der Waals surface area contributed by atoms with Crippen molar-refractivity contribution in [1.29, 1.82) is 0 Å². The van der Waals surface area contributed by atoms with Crippen LogP contribution in [-0.2, 0) is 6.42 Å². The van der Waals surface area contributed by atoms with Crippen molar-refractivity contribution in [3.8, 4) is 0 Å². The number of benzene rings is 2. The number of carbonyl (C=O) groups excluding carboxylic acids is 1. The number of carbonyl (C=O) groups is 1. The molecule has 0 saturated carbocycles. The quantitative estimate of drug-likeness (QED) is 0.483. The molecule has 4 heteroatoms. The molecule has 20 heavy (non-hydrogen) atoms. The Balaban J connectivity index is 2.26. The first-order valence-electron chi connectivity index (χ1n) is 6.32. The monoisotopic (exact) mass is 269 g/mol. The van der Waals surface area contributed by atoms with E-state index in [4.69, 9.17) is 0 Å². The zero-order chi connectivity index (χ0) is 14.7. The van der Waals surface area contributed by atoms with Crippen LogP contribution in [0.1, 0.15) is 27.0 Å². The van der Waals surface area contributed by atoms with E-state index in [2.05, 4.69) is 0 Å². The van der Waals surface area contributed by atoms with Gasteiger partial charge in [0.05, 0.1) is 4.92 Å². The predicted molar refractivity (Wildman–Crippen MR) is 77.0 cm³/mol. The Kier molecular flexibility index (Phi) is 3.94. The third-order valence-corrected chi connectivity index (χ3v) is 3.33. The molecule has 0 unspecified atom stereocenters. The number of hydrogen-bond donors (Lipinski definition) is 0.